The lowest BCUT2D eigenvalue weighted by atomic mass is 10.2. The zero-order chi connectivity index (χ0) is 25.8. The molecule has 0 aliphatic heterocycles. The Morgan fingerprint density at radius 3 is 2.53 bits per heavy atom. The number of nitrogens with one attached hydrogen (secondary N) is 1. The van der Waals surface area contributed by atoms with E-state index >= 15 is 0 Å². The Kier molecular flexibility index (Phi) is 7.11. The van der Waals surface area contributed by atoms with Gasteiger partial charge < -0.3 is 10.5 Å². The van der Waals surface area contributed by atoms with E-state index < -0.39 is 23.0 Å². The monoisotopic (exact) mass is 492 g/mol. The van der Waals surface area contributed by atoms with Crippen molar-refractivity contribution >= 4 is 17.4 Å². The maximum absolute atomic E-state index is 14.4. The fourth-order valence-corrected chi connectivity index (χ4v) is 3.89. The molecule has 1 amide bonds. The minimum absolute atomic E-state index is 0.0313. The number of aromatic nitrogens is 4. The van der Waals surface area contributed by atoms with Crippen LogP contribution in [0.5, 0.6) is 0 Å². The normalized spacial score (nSPS) is 11.0. The predicted molar refractivity (Wildman–Crippen MR) is 133 cm³/mol. The summed E-state index contributed by atoms with van der Waals surface area (Å²) in [5.74, 6) is -1.28. The van der Waals surface area contributed by atoms with Crippen LogP contribution in [0.15, 0.2) is 70.4 Å². The number of hydrogen-bond acceptors (Lipinski definition) is 6. The van der Waals surface area contributed by atoms with Crippen LogP contribution < -0.4 is 21.9 Å². The number of hydrogen-bond donors (Lipinski definition) is 2. The Balaban J connectivity index is 1.80. The third kappa shape index (κ3) is 4.68. The third-order valence-corrected chi connectivity index (χ3v) is 5.75. The van der Waals surface area contributed by atoms with Crippen molar-refractivity contribution in [2.45, 2.75) is 13.5 Å². The highest BCUT2D eigenvalue weighted by Gasteiger charge is 2.28. The molecule has 186 valence electrons. The highest BCUT2D eigenvalue weighted by molar-refractivity contribution is 6.07. The average molecular weight is 493 g/mol. The first kappa shape index (κ1) is 24.6. The lowest BCUT2D eigenvalue weighted by Crippen LogP contribution is -2.42. The molecular weight excluding hydrogens is 467 g/mol. The second-order valence-electron chi connectivity index (χ2n) is 8.02. The van der Waals surface area contributed by atoms with Crippen LogP contribution in [0.1, 0.15) is 21.6 Å². The van der Waals surface area contributed by atoms with E-state index in [4.69, 9.17) is 10.5 Å². The number of rotatable bonds is 8. The van der Waals surface area contributed by atoms with Gasteiger partial charge in [-0.15, -0.1) is 0 Å². The Hall–Kier alpha value is -4.51. The summed E-state index contributed by atoms with van der Waals surface area (Å²) < 4.78 is 22.0. The van der Waals surface area contributed by atoms with Crippen LogP contribution in [0.2, 0.25) is 0 Å². The van der Waals surface area contributed by atoms with Crippen molar-refractivity contribution < 1.29 is 13.9 Å². The van der Waals surface area contributed by atoms with E-state index in [9.17, 15) is 18.8 Å². The van der Waals surface area contributed by atoms with Gasteiger partial charge in [0.05, 0.1) is 30.6 Å². The molecule has 36 heavy (non-hydrogen) atoms. The van der Waals surface area contributed by atoms with Gasteiger partial charge in [0, 0.05) is 13.7 Å². The van der Waals surface area contributed by atoms with Crippen LogP contribution in [0, 0.1) is 12.7 Å². The minimum Gasteiger partial charge on any atom is -0.383 e. The van der Waals surface area contributed by atoms with Gasteiger partial charge in [0.15, 0.2) is 5.69 Å². The van der Waals surface area contributed by atoms with E-state index in [1.54, 1.807) is 19.1 Å². The van der Waals surface area contributed by atoms with Gasteiger partial charge in [-0.05, 0) is 24.6 Å². The molecule has 0 spiro atoms. The SMILES string of the molecule is COCCN(C(=O)c1cnn(-c2ccccc2F)c1C)c1c(N)n(Cc2ccccc2)c(=O)[nH]c1=O. The van der Waals surface area contributed by atoms with Crippen LogP contribution in [0.25, 0.3) is 5.69 Å². The number of nitrogen functional groups attached to an aromatic ring is 1. The van der Waals surface area contributed by atoms with Gasteiger partial charge >= 0.3 is 5.69 Å². The molecule has 2 aromatic carbocycles. The maximum Gasteiger partial charge on any atom is 0.330 e. The Labute approximate surface area is 205 Å². The van der Waals surface area contributed by atoms with Crippen LogP contribution in [0.3, 0.4) is 0 Å². The third-order valence-electron chi connectivity index (χ3n) is 5.75. The van der Waals surface area contributed by atoms with Gasteiger partial charge in [-0.2, -0.15) is 5.10 Å². The molecule has 0 saturated carbocycles. The molecule has 3 N–H and O–H groups in total. The summed E-state index contributed by atoms with van der Waals surface area (Å²) in [4.78, 5) is 42.6. The first-order chi connectivity index (χ1) is 17.3. The van der Waals surface area contributed by atoms with Crippen LogP contribution in [-0.2, 0) is 11.3 Å². The summed E-state index contributed by atoms with van der Waals surface area (Å²) >= 11 is 0. The summed E-state index contributed by atoms with van der Waals surface area (Å²) in [6, 6.07) is 15.1. The molecule has 0 radical (unpaired) electrons. The fourth-order valence-electron chi connectivity index (χ4n) is 3.89. The topological polar surface area (TPSA) is 128 Å². The van der Waals surface area contributed by atoms with E-state index in [-0.39, 0.29) is 42.5 Å². The van der Waals surface area contributed by atoms with Gasteiger partial charge in [-0.1, -0.05) is 42.5 Å². The van der Waals surface area contributed by atoms with Crippen molar-refractivity contribution in [2.75, 3.05) is 30.9 Å². The maximum atomic E-state index is 14.4. The Morgan fingerprint density at radius 2 is 1.83 bits per heavy atom. The van der Waals surface area contributed by atoms with Gasteiger partial charge in [0.1, 0.15) is 17.3 Å². The molecule has 2 heterocycles. The number of amides is 1. The number of methoxy groups -OCH3 is 1. The predicted octanol–water partition coefficient (Wildman–Crippen LogP) is 2.09. The molecular formula is C25H25FN6O4. The second-order valence-corrected chi connectivity index (χ2v) is 8.02. The first-order valence-electron chi connectivity index (χ1n) is 11.1. The molecule has 4 rings (SSSR count). The Bertz CT molecular complexity index is 1510. The number of carbonyl (C=O) groups is 1. The lowest BCUT2D eigenvalue weighted by molar-refractivity contribution is 0.0975. The summed E-state index contributed by atoms with van der Waals surface area (Å²) in [5, 5.41) is 4.18. The zero-order valence-corrected chi connectivity index (χ0v) is 19.8. The highest BCUT2D eigenvalue weighted by atomic mass is 19.1. The summed E-state index contributed by atoms with van der Waals surface area (Å²) in [5.41, 5.74) is 6.05. The summed E-state index contributed by atoms with van der Waals surface area (Å²) in [7, 11) is 1.45. The van der Waals surface area contributed by atoms with E-state index in [0.717, 1.165) is 10.5 Å². The molecule has 0 atom stereocenters. The number of nitrogens with two attached hydrogens (primary N) is 1. The number of H-pyrrole nitrogens is 1. The molecule has 0 aliphatic rings. The molecule has 4 aromatic rings. The fraction of sp³-hybridized carbons (Fsp3) is 0.200. The second kappa shape index (κ2) is 10.4. The van der Waals surface area contributed by atoms with Crippen molar-refractivity contribution in [2.24, 2.45) is 0 Å². The number of ether oxygens (including phenoxy) is 1. The number of halogens is 1. The van der Waals surface area contributed by atoms with E-state index in [0.29, 0.717) is 5.69 Å². The molecule has 0 fully saturated rings. The zero-order valence-electron chi connectivity index (χ0n) is 19.8. The van der Waals surface area contributed by atoms with Crippen molar-refractivity contribution in [3.05, 3.63) is 104 Å². The van der Waals surface area contributed by atoms with Gasteiger partial charge in [-0.25, -0.2) is 13.9 Å². The number of nitrogens with zero attached hydrogens (tertiary/aromatic N) is 4. The van der Waals surface area contributed by atoms with E-state index in [1.165, 1.54) is 34.7 Å². The molecule has 10 nitrogen and oxygen atoms in total. The first-order valence-corrected chi connectivity index (χ1v) is 11.1. The standard InChI is InChI=1S/C25H25FN6O4/c1-16-18(14-28-32(16)20-11-7-6-10-19(20)26)24(34)30(12-13-36-2)21-22(27)31(25(35)29-23(21)33)15-17-8-4-3-5-9-17/h3-11,14H,12-13,15,27H2,1-2H3,(H,29,33,35). The van der Waals surface area contributed by atoms with Crippen LogP contribution in [-0.4, -0.2) is 45.5 Å². The minimum atomic E-state index is -0.814. The largest absolute Gasteiger partial charge is 0.383 e. The van der Waals surface area contributed by atoms with E-state index in [1.807, 2.05) is 30.3 Å². The number of benzene rings is 2. The smallest absolute Gasteiger partial charge is 0.330 e. The van der Waals surface area contributed by atoms with Gasteiger partial charge in [0.2, 0.25) is 0 Å². The summed E-state index contributed by atoms with van der Waals surface area (Å²) in [6.07, 6.45) is 1.30. The lowest BCUT2D eigenvalue weighted by Gasteiger charge is -2.24. The molecule has 11 heteroatoms. The van der Waals surface area contributed by atoms with Gasteiger partial charge in [0.25, 0.3) is 11.5 Å². The average Bonchev–Trinajstić information content (AvgIpc) is 3.25. The highest BCUT2D eigenvalue weighted by Crippen LogP contribution is 2.23. The summed E-state index contributed by atoms with van der Waals surface area (Å²) in [6.45, 7) is 1.76. The number of carbonyl (C=O) groups excluding carboxylic acids is 1. The molecule has 0 aliphatic carbocycles. The quantitative estimate of drug-likeness (QED) is 0.388. The van der Waals surface area contributed by atoms with Crippen molar-refractivity contribution in [1.29, 1.82) is 0 Å². The van der Waals surface area contributed by atoms with Crippen LogP contribution >= 0.6 is 0 Å². The van der Waals surface area contributed by atoms with Crippen molar-refractivity contribution in [3.8, 4) is 5.69 Å². The number of anilines is 2. The molecule has 0 saturated heterocycles. The van der Waals surface area contributed by atoms with Crippen LogP contribution in [0.4, 0.5) is 15.9 Å². The molecule has 0 unspecified atom stereocenters. The van der Waals surface area contributed by atoms with Crippen molar-refractivity contribution in [3.63, 3.8) is 0 Å². The molecule has 0 bridgehead atoms. The Morgan fingerprint density at radius 1 is 1.14 bits per heavy atom. The van der Waals surface area contributed by atoms with Gasteiger partial charge in [-0.3, -0.25) is 24.0 Å². The van der Waals surface area contributed by atoms with Crippen molar-refractivity contribution in [1.82, 2.24) is 19.3 Å². The number of aromatic amines is 1. The molecule has 2 aromatic heterocycles. The van der Waals surface area contributed by atoms with E-state index in [2.05, 4.69) is 10.1 Å². The number of para-hydroxylation sites is 1.